The molecular weight excluding hydrogens is 152 g/mol. The van der Waals surface area contributed by atoms with Gasteiger partial charge in [-0.25, -0.2) is 8.78 Å². The van der Waals surface area contributed by atoms with Crippen LogP contribution in [0.5, 0.6) is 0 Å². The Bertz CT molecular complexity index is 121. The van der Waals surface area contributed by atoms with Crippen LogP contribution in [0.2, 0.25) is 0 Å². The number of nitrogens with zero attached hydrogens (tertiary/aromatic N) is 1. The molecule has 4 heteroatoms. The first-order chi connectivity index (χ1) is 5.24. The van der Waals surface area contributed by atoms with Gasteiger partial charge >= 0.3 is 0 Å². The minimum atomic E-state index is -2.20. The van der Waals surface area contributed by atoms with E-state index in [0.717, 1.165) is 0 Å². The van der Waals surface area contributed by atoms with Gasteiger partial charge in [0, 0.05) is 19.0 Å². The van der Waals surface area contributed by atoms with E-state index in [-0.39, 0.29) is 6.61 Å². The van der Waals surface area contributed by atoms with Crippen LogP contribution in [-0.4, -0.2) is 42.7 Å². The summed E-state index contributed by atoms with van der Waals surface area (Å²) in [4.78, 5) is 1.87. The van der Waals surface area contributed by atoms with Gasteiger partial charge in [0.05, 0.1) is 6.61 Å². The molecule has 0 saturated carbocycles. The average molecular weight is 165 g/mol. The second-order valence-corrected chi connectivity index (χ2v) is 2.91. The summed E-state index contributed by atoms with van der Waals surface area (Å²) in [5, 5.41) is 8.52. The van der Waals surface area contributed by atoms with E-state index in [9.17, 15) is 8.78 Å². The maximum Gasteiger partial charge on any atom is 0.242 e. The zero-order chi connectivity index (χ0) is 8.27. The third-order valence-electron chi connectivity index (χ3n) is 2.08. The summed E-state index contributed by atoms with van der Waals surface area (Å²) in [5.41, 5.74) is 0. The molecule has 0 aliphatic carbocycles. The van der Waals surface area contributed by atoms with Crippen molar-refractivity contribution in [3.05, 3.63) is 0 Å². The van der Waals surface area contributed by atoms with E-state index >= 15 is 0 Å². The maximum absolute atomic E-state index is 12.1. The lowest BCUT2D eigenvalue weighted by molar-refractivity contribution is 0.0793. The van der Waals surface area contributed by atoms with Crippen molar-refractivity contribution in [1.82, 2.24) is 4.90 Å². The average Bonchev–Trinajstić information content (AvgIpc) is 2.37. The van der Waals surface area contributed by atoms with Gasteiger partial charge in [-0.2, -0.15) is 0 Å². The normalized spacial score (nSPS) is 26.7. The first-order valence-corrected chi connectivity index (χ1v) is 3.85. The first kappa shape index (κ1) is 8.87. The van der Waals surface area contributed by atoms with E-state index in [0.29, 0.717) is 26.1 Å². The van der Waals surface area contributed by atoms with Crippen molar-refractivity contribution < 1.29 is 13.9 Å². The minimum absolute atomic E-state index is 0.0654. The number of alkyl halides is 2. The molecule has 1 saturated heterocycles. The monoisotopic (exact) mass is 165 g/mol. The van der Waals surface area contributed by atoms with Crippen LogP contribution in [0, 0.1) is 5.92 Å². The Labute approximate surface area is 64.8 Å². The van der Waals surface area contributed by atoms with Crippen LogP contribution in [0.4, 0.5) is 8.78 Å². The van der Waals surface area contributed by atoms with Gasteiger partial charge in [0.15, 0.2) is 0 Å². The van der Waals surface area contributed by atoms with Crippen molar-refractivity contribution in [3.8, 4) is 0 Å². The molecule has 0 amide bonds. The molecule has 1 fully saturated rings. The lowest BCUT2D eigenvalue weighted by atomic mass is 10.1. The lowest BCUT2D eigenvalue weighted by Crippen LogP contribution is -2.25. The molecule has 11 heavy (non-hydrogen) atoms. The molecule has 66 valence electrons. The number of rotatable bonds is 3. The van der Waals surface area contributed by atoms with E-state index in [1.807, 2.05) is 4.90 Å². The third-order valence-corrected chi connectivity index (χ3v) is 2.08. The Balaban J connectivity index is 2.23. The summed E-state index contributed by atoms with van der Waals surface area (Å²) in [6.07, 6.45) is -1.63. The molecule has 1 N–H and O–H groups in total. The quantitative estimate of drug-likeness (QED) is 0.660. The second-order valence-electron chi connectivity index (χ2n) is 2.91. The SMILES string of the molecule is OCCN1CC[C@H](C(F)F)C1. The maximum atomic E-state index is 12.1. The smallest absolute Gasteiger partial charge is 0.242 e. The molecule has 0 aromatic heterocycles. The van der Waals surface area contributed by atoms with Crippen LogP contribution in [-0.2, 0) is 0 Å². The fraction of sp³-hybridized carbons (Fsp3) is 1.00. The van der Waals surface area contributed by atoms with Crippen LogP contribution >= 0.6 is 0 Å². The van der Waals surface area contributed by atoms with Crippen molar-refractivity contribution in [3.63, 3.8) is 0 Å². The summed E-state index contributed by atoms with van der Waals surface area (Å²) < 4.78 is 24.1. The number of hydrogen-bond donors (Lipinski definition) is 1. The molecule has 0 bridgehead atoms. The number of hydrogen-bond acceptors (Lipinski definition) is 2. The fourth-order valence-corrected chi connectivity index (χ4v) is 1.41. The Morgan fingerprint density at radius 3 is 2.73 bits per heavy atom. The highest BCUT2D eigenvalue weighted by Gasteiger charge is 2.28. The van der Waals surface area contributed by atoms with Crippen LogP contribution in [0.25, 0.3) is 0 Å². The Morgan fingerprint density at radius 1 is 1.55 bits per heavy atom. The molecule has 1 rings (SSSR count). The van der Waals surface area contributed by atoms with Gasteiger partial charge < -0.3 is 10.0 Å². The van der Waals surface area contributed by atoms with Gasteiger partial charge in [-0.15, -0.1) is 0 Å². The molecule has 0 aromatic carbocycles. The highest BCUT2D eigenvalue weighted by Crippen LogP contribution is 2.21. The first-order valence-electron chi connectivity index (χ1n) is 3.85. The van der Waals surface area contributed by atoms with Crippen molar-refractivity contribution in [2.75, 3.05) is 26.2 Å². The second kappa shape index (κ2) is 3.97. The Kier molecular flexibility index (Phi) is 3.20. The lowest BCUT2D eigenvalue weighted by Gasteiger charge is -2.13. The molecule has 1 heterocycles. The van der Waals surface area contributed by atoms with E-state index in [1.165, 1.54) is 0 Å². The van der Waals surface area contributed by atoms with Crippen LogP contribution in [0.3, 0.4) is 0 Å². The molecule has 0 unspecified atom stereocenters. The van der Waals surface area contributed by atoms with Gasteiger partial charge in [0.2, 0.25) is 6.43 Å². The zero-order valence-electron chi connectivity index (χ0n) is 6.34. The van der Waals surface area contributed by atoms with Crippen LogP contribution in [0.1, 0.15) is 6.42 Å². The summed E-state index contributed by atoms with van der Waals surface area (Å²) in [6, 6.07) is 0. The van der Waals surface area contributed by atoms with Gasteiger partial charge in [0.1, 0.15) is 0 Å². The third kappa shape index (κ3) is 2.38. The van der Waals surface area contributed by atoms with E-state index in [2.05, 4.69) is 0 Å². The van der Waals surface area contributed by atoms with Crippen molar-refractivity contribution in [2.45, 2.75) is 12.8 Å². The molecule has 1 aliphatic rings. The summed E-state index contributed by atoms with van der Waals surface area (Å²) >= 11 is 0. The molecule has 1 atom stereocenters. The van der Waals surface area contributed by atoms with E-state index < -0.39 is 12.3 Å². The predicted molar refractivity (Wildman–Crippen MR) is 37.6 cm³/mol. The summed E-state index contributed by atoms with van der Waals surface area (Å²) in [5.74, 6) is -0.471. The highest BCUT2D eigenvalue weighted by molar-refractivity contribution is 4.76. The van der Waals surface area contributed by atoms with Crippen LogP contribution < -0.4 is 0 Å². The number of β-amino-alcohol motifs (C(OH)–C–C–N with tert-alkyl or cyclic N) is 1. The number of aliphatic hydroxyl groups excluding tert-OH is 1. The van der Waals surface area contributed by atoms with Crippen molar-refractivity contribution >= 4 is 0 Å². The minimum Gasteiger partial charge on any atom is -0.395 e. The van der Waals surface area contributed by atoms with E-state index in [1.54, 1.807) is 0 Å². The van der Waals surface area contributed by atoms with Gasteiger partial charge in [-0.1, -0.05) is 0 Å². The van der Waals surface area contributed by atoms with Crippen molar-refractivity contribution in [2.24, 2.45) is 5.92 Å². The van der Waals surface area contributed by atoms with Gasteiger partial charge in [0.25, 0.3) is 0 Å². The standard InChI is InChI=1S/C7H13F2NO/c8-7(9)6-1-2-10(5-6)3-4-11/h6-7,11H,1-5H2/t6-/m0/s1. The number of likely N-dealkylation sites (tertiary alicyclic amines) is 1. The Morgan fingerprint density at radius 2 is 2.27 bits per heavy atom. The molecule has 0 aromatic rings. The molecule has 2 nitrogen and oxygen atoms in total. The topological polar surface area (TPSA) is 23.5 Å². The zero-order valence-corrected chi connectivity index (χ0v) is 6.34. The van der Waals surface area contributed by atoms with E-state index in [4.69, 9.17) is 5.11 Å². The predicted octanol–water partition coefficient (Wildman–Crippen LogP) is 0.566. The summed E-state index contributed by atoms with van der Waals surface area (Å²) in [7, 11) is 0. The molecular formula is C7H13F2NO. The number of aliphatic hydroxyl groups is 1. The summed E-state index contributed by atoms with van der Waals surface area (Å²) in [6.45, 7) is 1.74. The largest absolute Gasteiger partial charge is 0.395 e. The highest BCUT2D eigenvalue weighted by atomic mass is 19.3. The molecule has 1 aliphatic heterocycles. The van der Waals surface area contributed by atoms with Crippen molar-refractivity contribution in [1.29, 1.82) is 0 Å². The molecule has 0 spiro atoms. The number of halogens is 2. The van der Waals surface area contributed by atoms with Gasteiger partial charge in [-0.3, -0.25) is 0 Å². The molecule has 0 radical (unpaired) electrons. The van der Waals surface area contributed by atoms with Gasteiger partial charge in [-0.05, 0) is 13.0 Å². The Hall–Kier alpha value is -0.220. The fourth-order valence-electron chi connectivity index (χ4n) is 1.41. The van der Waals surface area contributed by atoms with Crippen LogP contribution in [0.15, 0.2) is 0 Å².